The molecule has 88 valence electrons. The first-order valence-corrected chi connectivity index (χ1v) is 6.88. The Kier molecular flexibility index (Phi) is 3.53. The molecule has 0 radical (unpaired) electrons. The maximum absolute atomic E-state index is 13.2. The minimum absolute atomic E-state index is 0.153. The van der Waals surface area contributed by atoms with E-state index in [0.29, 0.717) is 5.41 Å². The van der Waals surface area contributed by atoms with Crippen molar-refractivity contribution in [1.29, 1.82) is 0 Å². The fraction of sp³-hybridized carbons (Fsp3) is 0.538. The van der Waals surface area contributed by atoms with Crippen LogP contribution in [0.1, 0.15) is 19.8 Å². The van der Waals surface area contributed by atoms with Crippen LogP contribution >= 0.6 is 15.9 Å². The predicted octanol–water partition coefficient (Wildman–Crippen LogP) is 3.83. The van der Waals surface area contributed by atoms with E-state index in [1.54, 1.807) is 12.1 Å². The first kappa shape index (κ1) is 11.9. The normalized spacial score (nSPS) is 17.2. The van der Waals surface area contributed by atoms with Gasteiger partial charge in [-0.2, -0.15) is 0 Å². The molecular weight excluding hydrogens is 269 g/mol. The van der Waals surface area contributed by atoms with Crippen LogP contribution in [0.5, 0.6) is 0 Å². The highest BCUT2D eigenvalue weighted by Gasteiger charge is 2.42. The van der Waals surface area contributed by atoms with Gasteiger partial charge in [-0.25, -0.2) is 4.39 Å². The second kappa shape index (κ2) is 4.74. The van der Waals surface area contributed by atoms with E-state index in [1.807, 2.05) is 6.07 Å². The number of alkyl halides is 1. The SMILES string of the molecule is CCN(CC1(CBr)CC1)c1cccc(F)c1. The molecule has 0 spiro atoms. The van der Waals surface area contributed by atoms with Crippen molar-refractivity contribution < 1.29 is 4.39 Å². The summed E-state index contributed by atoms with van der Waals surface area (Å²) in [7, 11) is 0. The number of anilines is 1. The van der Waals surface area contributed by atoms with Crippen LogP contribution in [0, 0.1) is 11.2 Å². The maximum Gasteiger partial charge on any atom is 0.125 e. The monoisotopic (exact) mass is 285 g/mol. The third-order valence-corrected chi connectivity index (χ3v) is 4.51. The molecule has 3 heteroatoms. The molecule has 1 aromatic carbocycles. The average molecular weight is 286 g/mol. The molecule has 16 heavy (non-hydrogen) atoms. The van der Waals surface area contributed by atoms with E-state index in [2.05, 4.69) is 27.8 Å². The van der Waals surface area contributed by atoms with Crippen LogP contribution in [0.3, 0.4) is 0 Å². The fourth-order valence-corrected chi connectivity index (χ4v) is 2.71. The van der Waals surface area contributed by atoms with Crippen LogP contribution in [0.2, 0.25) is 0 Å². The van der Waals surface area contributed by atoms with Crippen molar-refractivity contribution in [3.63, 3.8) is 0 Å². The van der Waals surface area contributed by atoms with Gasteiger partial charge >= 0.3 is 0 Å². The Bertz CT molecular complexity index is 363. The summed E-state index contributed by atoms with van der Waals surface area (Å²) in [5.41, 5.74) is 1.43. The first-order chi connectivity index (χ1) is 7.69. The highest BCUT2D eigenvalue weighted by Crippen LogP contribution is 2.48. The quantitative estimate of drug-likeness (QED) is 0.744. The average Bonchev–Trinajstić information content (AvgIpc) is 3.06. The van der Waals surface area contributed by atoms with Gasteiger partial charge in [0.1, 0.15) is 5.82 Å². The maximum atomic E-state index is 13.2. The lowest BCUT2D eigenvalue weighted by Gasteiger charge is -2.27. The number of nitrogens with zero attached hydrogens (tertiary/aromatic N) is 1. The van der Waals surface area contributed by atoms with E-state index in [4.69, 9.17) is 0 Å². The molecule has 0 aromatic heterocycles. The van der Waals surface area contributed by atoms with E-state index < -0.39 is 0 Å². The number of halogens is 2. The van der Waals surface area contributed by atoms with E-state index >= 15 is 0 Å². The van der Waals surface area contributed by atoms with E-state index in [9.17, 15) is 4.39 Å². The van der Waals surface area contributed by atoms with Gasteiger partial charge in [0.25, 0.3) is 0 Å². The Morgan fingerprint density at radius 1 is 1.44 bits per heavy atom. The van der Waals surface area contributed by atoms with E-state index in [-0.39, 0.29) is 5.82 Å². The molecule has 0 N–H and O–H groups in total. The van der Waals surface area contributed by atoms with Crippen LogP contribution in [-0.4, -0.2) is 18.4 Å². The molecule has 0 saturated heterocycles. The summed E-state index contributed by atoms with van der Waals surface area (Å²) in [4.78, 5) is 2.26. The van der Waals surface area contributed by atoms with Gasteiger partial charge in [0.05, 0.1) is 0 Å². The predicted molar refractivity (Wildman–Crippen MR) is 69.7 cm³/mol. The molecule has 0 heterocycles. The number of hydrogen-bond donors (Lipinski definition) is 0. The van der Waals surface area contributed by atoms with E-state index in [0.717, 1.165) is 24.1 Å². The minimum atomic E-state index is -0.153. The molecule has 1 aliphatic rings. The highest BCUT2D eigenvalue weighted by atomic mass is 79.9. The summed E-state index contributed by atoms with van der Waals surface area (Å²) in [6.45, 7) is 4.08. The second-order valence-corrected chi connectivity index (χ2v) is 5.19. The van der Waals surface area contributed by atoms with Crippen molar-refractivity contribution in [2.24, 2.45) is 5.41 Å². The van der Waals surface area contributed by atoms with Crippen LogP contribution in [-0.2, 0) is 0 Å². The number of rotatable bonds is 5. The van der Waals surface area contributed by atoms with Crippen LogP contribution in [0.4, 0.5) is 10.1 Å². The zero-order chi connectivity index (χ0) is 11.6. The Labute approximate surface area is 105 Å². The lowest BCUT2D eigenvalue weighted by atomic mass is 10.1. The van der Waals surface area contributed by atoms with Gasteiger partial charge in [0.15, 0.2) is 0 Å². The lowest BCUT2D eigenvalue weighted by molar-refractivity contribution is 0.565. The summed E-state index contributed by atoms with van der Waals surface area (Å²) in [5, 5.41) is 1.05. The third kappa shape index (κ3) is 2.57. The second-order valence-electron chi connectivity index (χ2n) is 4.63. The Morgan fingerprint density at radius 3 is 2.69 bits per heavy atom. The third-order valence-electron chi connectivity index (χ3n) is 3.32. The number of benzene rings is 1. The molecule has 0 aliphatic heterocycles. The Balaban J connectivity index is 2.10. The molecule has 1 aromatic rings. The Morgan fingerprint density at radius 2 is 2.19 bits per heavy atom. The summed E-state index contributed by atoms with van der Waals surface area (Å²) < 4.78 is 13.2. The molecule has 2 rings (SSSR count). The van der Waals surface area contributed by atoms with Crippen LogP contribution < -0.4 is 4.90 Å². The van der Waals surface area contributed by atoms with Crippen molar-refractivity contribution in [2.45, 2.75) is 19.8 Å². The molecule has 0 unspecified atom stereocenters. The van der Waals surface area contributed by atoms with Gasteiger partial charge in [-0.15, -0.1) is 0 Å². The molecule has 0 atom stereocenters. The van der Waals surface area contributed by atoms with Crippen molar-refractivity contribution in [2.75, 3.05) is 23.3 Å². The van der Waals surface area contributed by atoms with Crippen LogP contribution in [0.15, 0.2) is 24.3 Å². The molecule has 1 saturated carbocycles. The standard InChI is InChI=1S/C13H17BrFN/c1-2-16(10-13(9-14)6-7-13)12-5-3-4-11(15)8-12/h3-5,8H,2,6-7,9-10H2,1H3. The van der Waals surface area contributed by atoms with Crippen molar-refractivity contribution in [3.05, 3.63) is 30.1 Å². The van der Waals surface area contributed by atoms with Crippen molar-refractivity contribution in [1.82, 2.24) is 0 Å². The zero-order valence-corrected chi connectivity index (χ0v) is 11.1. The molecule has 1 aliphatic carbocycles. The zero-order valence-electron chi connectivity index (χ0n) is 9.55. The topological polar surface area (TPSA) is 3.24 Å². The fourth-order valence-electron chi connectivity index (χ4n) is 1.97. The van der Waals surface area contributed by atoms with Crippen molar-refractivity contribution in [3.8, 4) is 0 Å². The van der Waals surface area contributed by atoms with Gasteiger partial charge in [-0.1, -0.05) is 22.0 Å². The summed E-state index contributed by atoms with van der Waals surface area (Å²) in [6.07, 6.45) is 2.56. The molecule has 0 amide bonds. The van der Waals surface area contributed by atoms with Gasteiger partial charge in [-0.3, -0.25) is 0 Å². The van der Waals surface area contributed by atoms with Gasteiger partial charge in [-0.05, 0) is 43.4 Å². The van der Waals surface area contributed by atoms with Gasteiger partial charge in [0, 0.05) is 24.1 Å². The largest absolute Gasteiger partial charge is 0.371 e. The highest BCUT2D eigenvalue weighted by molar-refractivity contribution is 9.09. The number of hydrogen-bond acceptors (Lipinski definition) is 1. The van der Waals surface area contributed by atoms with Crippen LogP contribution in [0.25, 0.3) is 0 Å². The molecular formula is C13H17BrFN. The summed E-state index contributed by atoms with van der Waals surface area (Å²) in [6, 6.07) is 6.88. The van der Waals surface area contributed by atoms with E-state index in [1.165, 1.54) is 18.9 Å². The summed E-state index contributed by atoms with van der Waals surface area (Å²) in [5.74, 6) is -0.153. The van der Waals surface area contributed by atoms with Gasteiger partial charge < -0.3 is 4.90 Å². The Hall–Kier alpha value is -0.570. The molecule has 1 nitrogen and oxygen atoms in total. The molecule has 1 fully saturated rings. The minimum Gasteiger partial charge on any atom is -0.371 e. The summed E-state index contributed by atoms with van der Waals surface area (Å²) >= 11 is 3.58. The molecule has 0 bridgehead atoms. The lowest BCUT2D eigenvalue weighted by Crippen LogP contribution is -2.31. The first-order valence-electron chi connectivity index (χ1n) is 5.75. The smallest absolute Gasteiger partial charge is 0.125 e. The van der Waals surface area contributed by atoms with Gasteiger partial charge in [0.2, 0.25) is 0 Å². The van der Waals surface area contributed by atoms with Crippen molar-refractivity contribution >= 4 is 21.6 Å².